The van der Waals surface area contributed by atoms with E-state index in [-0.39, 0.29) is 6.04 Å². The van der Waals surface area contributed by atoms with E-state index in [2.05, 4.69) is 29.2 Å². The van der Waals surface area contributed by atoms with Crippen molar-refractivity contribution in [1.29, 1.82) is 0 Å². The zero-order chi connectivity index (χ0) is 12.3. The molecule has 0 spiro atoms. The minimum atomic E-state index is 0.186. The third kappa shape index (κ3) is 2.64. The van der Waals surface area contributed by atoms with Crippen LogP contribution in [0, 0.1) is 0 Å². The van der Waals surface area contributed by atoms with E-state index in [1.807, 2.05) is 42.3 Å². The van der Waals surface area contributed by atoms with E-state index in [0.717, 1.165) is 23.5 Å². The van der Waals surface area contributed by atoms with Crippen LogP contribution in [0.15, 0.2) is 30.6 Å². The molecule has 0 aliphatic carbocycles. The molecule has 17 heavy (non-hydrogen) atoms. The minimum Gasteiger partial charge on any atom is -0.374 e. The standard InChI is InChI=1S/C13H18N4/c1-4-11-13(9-17(3)16-11)15-10(2)12-7-5-6-8-14-12/h5-10,15H,4H2,1-3H3. The monoisotopic (exact) mass is 230 g/mol. The fourth-order valence-electron chi connectivity index (χ4n) is 1.86. The first-order chi connectivity index (χ1) is 8.20. The quantitative estimate of drug-likeness (QED) is 0.877. The maximum atomic E-state index is 4.41. The average molecular weight is 230 g/mol. The Kier molecular flexibility index (Phi) is 3.42. The topological polar surface area (TPSA) is 42.7 Å². The van der Waals surface area contributed by atoms with Crippen molar-refractivity contribution in [2.75, 3.05) is 5.32 Å². The second-order valence-electron chi connectivity index (χ2n) is 4.14. The molecule has 4 heteroatoms. The normalized spacial score (nSPS) is 12.4. The van der Waals surface area contributed by atoms with Crippen LogP contribution in [0.4, 0.5) is 5.69 Å². The fraction of sp³-hybridized carbons (Fsp3) is 0.385. The Morgan fingerprint density at radius 1 is 1.41 bits per heavy atom. The smallest absolute Gasteiger partial charge is 0.0853 e. The van der Waals surface area contributed by atoms with Crippen LogP contribution in [0.3, 0.4) is 0 Å². The third-order valence-corrected chi connectivity index (χ3v) is 2.74. The summed E-state index contributed by atoms with van der Waals surface area (Å²) in [5.41, 5.74) is 3.22. The molecule has 2 aromatic heterocycles. The molecule has 2 heterocycles. The first kappa shape index (κ1) is 11.6. The summed E-state index contributed by atoms with van der Waals surface area (Å²) >= 11 is 0. The molecule has 2 aromatic rings. The van der Waals surface area contributed by atoms with Crippen molar-refractivity contribution >= 4 is 5.69 Å². The van der Waals surface area contributed by atoms with Crippen molar-refractivity contribution in [1.82, 2.24) is 14.8 Å². The summed E-state index contributed by atoms with van der Waals surface area (Å²) in [5.74, 6) is 0. The van der Waals surface area contributed by atoms with Gasteiger partial charge < -0.3 is 5.32 Å². The predicted molar refractivity (Wildman–Crippen MR) is 68.9 cm³/mol. The van der Waals surface area contributed by atoms with Gasteiger partial charge in [-0.2, -0.15) is 5.10 Å². The molecule has 1 unspecified atom stereocenters. The van der Waals surface area contributed by atoms with Gasteiger partial charge in [0.05, 0.1) is 23.1 Å². The molecule has 90 valence electrons. The van der Waals surface area contributed by atoms with Gasteiger partial charge >= 0.3 is 0 Å². The van der Waals surface area contributed by atoms with Crippen molar-refractivity contribution in [3.8, 4) is 0 Å². The van der Waals surface area contributed by atoms with Gasteiger partial charge in [0.2, 0.25) is 0 Å². The second-order valence-corrected chi connectivity index (χ2v) is 4.14. The van der Waals surface area contributed by atoms with Crippen LogP contribution in [0.1, 0.15) is 31.3 Å². The van der Waals surface area contributed by atoms with Gasteiger partial charge in [-0.1, -0.05) is 13.0 Å². The van der Waals surface area contributed by atoms with Crippen LogP contribution < -0.4 is 5.32 Å². The Labute approximate surface area is 102 Å². The van der Waals surface area contributed by atoms with E-state index in [1.165, 1.54) is 0 Å². The number of pyridine rings is 1. The summed E-state index contributed by atoms with van der Waals surface area (Å²) < 4.78 is 1.84. The molecular formula is C13H18N4. The molecule has 0 saturated carbocycles. The van der Waals surface area contributed by atoms with E-state index < -0.39 is 0 Å². The van der Waals surface area contributed by atoms with Crippen LogP contribution in [0.2, 0.25) is 0 Å². The summed E-state index contributed by atoms with van der Waals surface area (Å²) in [4.78, 5) is 4.35. The Bertz CT molecular complexity index is 475. The van der Waals surface area contributed by atoms with Crippen LogP contribution >= 0.6 is 0 Å². The highest BCUT2D eigenvalue weighted by Gasteiger charge is 2.10. The third-order valence-electron chi connectivity index (χ3n) is 2.74. The molecule has 0 saturated heterocycles. The predicted octanol–water partition coefficient (Wildman–Crippen LogP) is 2.55. The van der Waals surface area contributed by atoms with E-state index in [1.54, 1.807) is 0 Å². The summed E-state index contributed by atoms with van der Waals surface area (Å²) in [6, 6.07) is 6.15. The minimum absolute atomic E-state index is 0.186. The van der Waals surface area contributed by atoms with Gasteiger partial charge in [-0.25, -0.2) is 0 Å². The van der Waals surface area contributed by atoms with Crippen molar-refractivity contribution < 1.29 is 0 Å². The fourth-order valence-corrected chi connectivity index (χ4v) is 1.86. The lowest BCUT2D eigenvalue weighted by molar-refractivity contribution is 0.746. The van der Waals surface area contributed by atoms with Gasteiger partial charge in [0, 0.05) is 19.4 Å². The molecule has 0 amide bonds. The Morgan fingerprint density at radius 3 is 2.88 bits per heavy atom. The number of rotatable bonds is 4. The first-order valence-corrected chi connectivity index (χ1v) is 5.90. The van der Waals surface area contributed by atoms with Crippen molar-refractivity contribution in [3.63, 3.8) is 0 Å². The van der Waals surface area contributed by atoms with Gasteiger partial charge in [0.15, 0.2) is 0 Å². The molecule has 4 nitrogen and oxygen atoms in total. The largest absolute Gasteiger partial charge is 0.374 e. The van der Waals surface area contributed by atoms with Gasteiger partial charge in [-0.05, 0) is 25.5 Å². The molecule has 0 aliphatic rings. The van der Waals surface area contributed by atoms with Crippen molar-refractivity contribution in [3.05, 3.63) is 42.0 Å². The highest BCUT2D eigenvalue weighted by atomic mass is 15.3. The van der Waals surface area contributed by atoms with Crippen LogP contribution in [0.5, 0.6) is 0 Å². The number of aryl methyl sites for hydroxylation is 2. The second kappa shape index (κ2) is 4.99. The zero-order valence-electron chi connectivity index (χ0n) is 10.5. The molecule has 0 bridgehead atoms. The Hall–Kier alpha value is -1.84. The van der Waals surface area contributed by atoms with Gasteiger partial charge in [0.25, 0.3) is 0 Å². The summed E-state index contributed by atoms with van der Waals surface area (Å²) in [6.07, 6.45) is 4.76. The van der Waals surface area contributed by atoms with Gasteiger partial charge in [0.1, 0.15) is 0 Å². The summed E-state index contributed by atoms with van der Waals surface area (Å²) in [7, 11) is 1.94. The first-order valence-electron chi connectivity index (χ1n) is 5.90. The van der Waals surface area contributed by atoms with E-state index in [0.29, 0.717) is 0 Å². The van der Waals surface area contributed by atoms with E-state index >= 15 is 0 Å². The molecule has 0 aromatic carbocycles. The summed E-state index contributed by atoms with van der Waals surface area (Å²) in [6.45, 7) is 4.22. The summed E-state index contributed by atoms with van der Waals surface area (Å²) in [5, 5.41) is 7.86. The molecular weight excluding hydrogens is 212 g/mol. The SMILES string of the molecule is CCc1nn(C)cc1NC(C)c1ccccn1. The highest BCUT2D eigenvalue weighted by Crippen LogP contribution is 2.20. The zero-order valence-corrected chi connectivity index (χ0v) is 10.5. The number of hydrogen-bond acceptors (Lipinski definition) is 3. The Balaban J connectivity index is 2.15. The maximum absolute atomic E-state index is 4.41. The molecule has 0 radical (unpaired) electrons. The number of aromatic nitrogens is 3. The molecule has 0 fully saturated rings. The lowest BCUT2D eigenvalue weighted by Crippen LogP contribution is -2.08. The number of hydrogen-bond donors (Lipinski definition) is 1. The molecule has 1 atom stereocenters. The van der Waals surface area contributed by atoms with Gasteiger partial charge in [-0.3, -0.25) is 9.67 Å². The van der Waals surface area contributed by atoms with Crippen LogP contribution in [0.25, 0.3) is 0 Å². The average Bonchev–Trinajstić information content (AvgIpc) is 2.70. The lowest BCUT2D eigenvalue weighted by atomic mass is 10.2. The number of nitrogens with one attached hydrogen (secondary N) is 1. The van der Waals surface area contributed by atoms with Crippen LogP contribution in [-0.2, 0) is 13.5 Å². The molecule has 0 aliphatic heterocycles. The van der Waals surface area contributed by atoms with Crippen LogP contribution in [-0.4, -0.2) is 14.8 Å². The molecule has 2 rings (SSSR count). The number of anilines is 1. The van der Waals surface area contributed by atoms with Crippen molar-refractivity contribution in [2.45, 2.75) is 26.3 Å². The van der Waals surface area contributed by atoms with Gasteiger partial charge in [-0.15, -0.1) is 0 Å². The number of nitrogens with zero attached hydrogens (tertiary/aromatic N) is 3. The maximum Gasteiger partial charge on any atom is 0.0853 e. The lowest BCUT2D eigenvalue weighted by Gasteiger charge is -2.13. The van der Waals surface area contributed by atoms with Crippen molar-refractivity contribution in [2.24, 2.45) is 7.05 Å². The van der Waals surface area contributed by atoms with E-state index in [4.69, 9.17) is 0 Å². The highest BCUT2D eigenvalue weighted by molar-refractivity contribution is 5.47. The Morgan fingerprint density at radius 2 is 2.24 bits per heavy atom. The molecule has 1 N–H and O–H groups in total. The van der Waals surface area contributed by atoms with E-state index in [9.17, 15) is 0 Å².